The quantitative estimate of drug-likeness (QED) is 0.270. The maximum absolute atomic E-state index is 13.9. The number of fused-ring (bicyclic) bond motifs is 1. The minimum absolute atomic E-state index is 0.275. The molecule has 3 rings (SSSR count). The first-order chi connectivity index (χ1) is 18.4. The Bertz CT molecular complexity index is 1370. The van der Waals surface area contributed by atoms with Crippen molar-refractivity contribution in [2.24, 2.45) is 5.92 Å². The van der Waals surface area contributed by atoms with Crippen molar-refractivity contribution in [2.45, 2.75) is 65.6 Å². The maximum atomic E-state index is 13.9. The van der Waals surface area contributed by atoms with Gasteiger partial charge in [0.2, 0.25) is 0 Å². The van der Waals surface area contributed by atoms with Crippen LogP contribution in [0.25, 0.3) is 10.8 Å². The molecule has 0 aromatic heterocycles. The van der Waals surface area contributed by atoms with Crippen LogP contribution in [0.5, 0.6) is 0 Å². The van der Waals surface area contributed by atoms with Gasteiger partial charge in [-0.3, -0.25) is 14.5 Å². The molecule has 2 N–H and O–H groups in total. The lowest BCUT2D eigenvalue weighted by Crippen LogP contribution is -2.53. The van der Waals surface area contributed by atoms with E-state index in [0.717, 1.165) is 21.2 Å². The summed E-state index contributed by atoms with van der Waals surface area (Å²) >= 11 is 0. The Kier molecular flexibility index (Phi) is 9.37. The maximum Gasteiger partial charge on any atom is 0.408 e. The Balaban J connectivity index is 1.98. The molecule has 0 aliphatic carbocycles. The van der Waals surface area contributed by atoms with Gasteiger partial charge in [0.1, 0.15) is 17.7 Å². The first-order valence-corrected chi connectivity index (χ1v) is 13.1. The Morgan fingerprint density at radius 1 is 1.00 bits per heavy atom. The normalized spacial score (nSPS) is 13.5. The Hall–Kier alpha value is -4.31. The van der Waals surface area contributed by atoms with E-state index in [1.54, 1.807) is 39.0 Å². The van der Waals surface area contributed by atoms with Gasteiger partial charge in [-0.25, -0.2) is 4.79 Å². The van der Waals surface area contributed by atoms with E-state index >= 15 is 0 Å². The number of amides is 3. The van der Waals surface area contributed by atoms with Gasteiger partial charge in [-0.05, 0) is 62.1 Å². The minimum Gasteiger partial charge on any atom is -0.444 e. The molecule has 0 spiro atoms. The second-order valence-corrected chi connectivity index (χ2v) is 10.7. The largest absolute Gasteiger partial charge is 0.444 e. The summed E-state index contributed by atoms with van der Waals surface area (Å²) in [6.07, 6.45) is 5.75. The smallest absolute Gasteiger partial charge is 0.408 e. The number of terminal acetylenes is 1. The van der Waals surface area contributed by atoms with Crippen molar-refractivity contribution in [3.8, 4) is 12.5 Å². The average molecular weight is 528 g/mol. The summed E-state index contributed by atoms with van der Waals surface area (Å²) in [5, 5.41) is 7.61. The van der Waals surface area contributed by atoms with Crippen molar-refractivity contribution in [2.75, 3.05) is 5.32 Å². The molecule has 3 amide bonds. The zero-order valence-electron chi connectivity index (χ0n) is 23.4. The standard InChI is InChI=1S/C32H37N3O4/c1-8-22(4)27(34-31(38)39-32(5,6)7)30(37)35(9-2)28(24-16-14-21(3)15-17-24)29(36)33-26-19-18-23-12-10-11-13-25(23)20-26/h2,10-20,22,27-28H,8H2,1,3-7H3,(H,33,36)(H,34,38). The van der Waals surface area contributed by atoms with Crippen LogP contribution < -0.4 is 10.6 Å². The molecule has 0 saturated heterocycles. The highest BCUT2D eigenvalue weighted by molar-refractivity contribution is 6.01. The Morgan fingerprint density at radius 3 is 2.23 bits per heavy atom. The lowest BCUT2D eigenvalue weighted by molar-refractivity contribution is -0.137. The topological polar surface area (TPSA) is 87.7 Å². The van der Waals surface area contributed by atoms with E-state index < -0.39 is 35.6 Å². The predicted octanol–water partition coefficient (Wildman–Crippen LogP) is 6.19. The SMILES string of the molecule is C#CN(C(=O)C(NC(=O)OC(C)(C)C)C(C)CC)C(C(=O)Nc1ccc2ccccc2c1)c1ccc(C)cc1. The van der Waals surface area contributed by atoms with Crippen LogP contribution in [0.3, 0.4) is 0 Å². The fourth-order valence-corrected chi connectivity index (χ4v) is 4.18. The van der Waals surface area contributed by atoms with Gasteiger partial charge < -0.3 is 15.4 Å². The van der Waals surface area contributed by atoms with Gasteiger partial charge in [-0.15, -0.1) is 0 Å². The highest BCUT2D eigenvalue weighted by Gasteiger charge is 2.37. The van der Waals surface area contributed by atoms with Crippen LogP contribution in [0.15, 0.2) is 66.7 Å². The Morgan fingerprint density at radius 2 is 1.64 bits per heavy atom. The molecule has 7 heteroatoms. The van der Waals surface area contributed by atoms with Gasteiger partial charge in [-0.1, -0.05) is 86.9 Å². The van der Waals surface area contributed by atoms with E-state index in [-0.39, 0.29) is 5.92 Å². The highest BCUT2D eigenvalue weighted by atomic mass is 16.6. The third kappa shape index (κ3) is 7.61. The molecule has 39 heavy (non-hydrogen) atoms. The first kappa shape index (κ1) is 29.2. The number of aryl methyl sites for hydroxylation is 1. The molecule has 0 aliphatic heterocycles. The summed E-state index contributed by atoms with van der Waals surface area (Å²) in [5.41, 5.74) is 1.37. The molecule has 0 heterocycles. The zero-order chi connectivity index (χ0) is 28.7. The van der Waals surface area contributed by atoms with E-state index in [1.807, 2.05) is 69.3 Å². The van der Waals surface area contributed by atoms with Crippen LogP contribution in [-0.4, -0.2) is 34.5 Å². The molecular formula is C32H37N3O4. The number of carbonyl (C=O) groups excluding carboxylic acids is 3. The van der Waals surface area contributed by atoms with Crippen molar-refractivity contribution in [1.82, 2.24) is 10.2 Å². The summed E-state index contributed by atoms with van der Waals surface area (Å²) in [5.74, 6) is -1.32. The van der Waals surface area contributed by atoms with Crippen molar-refractivity contribution >= 4 is 34.4 Å². The van der Waals surface area contributed by atoms with Gasteiger partial charge >= 0.3 is 6.09 Å². The molecule has 7 nitrogen and oxygen atoms in total. The summed E-state index contributed by atoms with van der Waals surface area (Å²) in [7, 11) is 0. The van der Waals surface area contributed by atoms with E-state index in [4.69, 9.17) is 11.2 Å². The Labute approximate surface area is 230 Å². The molecule has 3 unspecified atom stereocenters. The number of alkyl carbamates (subject to hydrolysis) is 1. The molecule has 3 atom stereocenters. The number of rotatable bonds is 8. The van der Waals surface area contributed by atoms with Gasteiger partial charge in [0.25, 0.3) is 11.8 Å². The fraction of sp³-hybridized carbons (Fsp3) is 0.344. The van der Waals surface area contributed by atoms with E-state index in [2.05, 4.69) is 16.7 Å². The fourth-order valence-electron chi connectivity index (χ4n) is 4.18. The monoisotopic (exact) mass is 527 g/mol. The van der Waals surface area contributed by atoms with Gasteiger partial charge in [0.15, 0.2) is 0 Å². The van der Waals surface area contributed by atoms with Crippen LogP contribution in [0.4, 0.5) is 10.5 Å². The summed E-state index contributed by atoms with van der Waals surface area (Å²) in [6.45, 7) is 10.9. The molecule has 3 aromatic rings. The van der Waals surface area contributed by atoms with E-state index in [1.165, 1.54) is 0 Å². The van der Waals surface area contributed by atoms with Crippen molar-refractivity contribution < 1.29 is 19.1 Å². The average Bonchev–Trinajstić information content (AvgIpc) is 2.89. The number of hydrogen-bond acceptors (Lipinski definition) is 4. The summed E-state index contributed by atoms with van der Waals surface area (Å²) in [6, 6.07) is 21.0. The highest BCUT2D eigenvalue weighted by Crippen LogP contribution is 2.27. The van der Waals surface area contributed by atoms with Gasteiger partial charge in [0.05, 0.1) is 0 Å². The van der Waals surface area contributed by atoms with Crippen LogP contribution in [0, 0.1) is 25.3 Å². The molecule has 0 bridgehead atoms. The number of anilines is 1. The van der Waals surface area contributed by atoms with E-state index in [0.29, 0.717) is 17.7 Å². The van der Waals surface area contributed by atoms with Crippen LogP contribution in [0.2, 0.25) is 0 Å². The number of benzene rings is 3. The van der Waals surface area contributed by atoms with Gasteiger partial charge in [0, 0.05) is 11.7 Å². The number of hydrogen-bond donors (Lipinski definition) is 2. The molecule has 0 aliphatic rings. The molecule has 0 fully saturated rings. The molecule has 204 valence electrons. The van der Waals surface area contributed by atoms with Crippen molar-refractivity contribution in [3.63, 3.8) is 0 Å². The second-order valence-electron chi connectivity index (χ2n) is 10.7. The first-order valence-electron chi connectivity index (χ1n) is 13.1. The van der Waals surface area contributed by atoms with Crippen LogP contribution >= 0.6 is 0 Å². The van der Waals surface area contributed by atoms with Crippen LogP contribution in [0.1, 0.15) is 58.2 Å². The predicted molar refractivity (Wildman–Crippen MR) is 155 cm³/mol. The molecular weight excluding hydrogens is 490 g/mol. The number of nitrogens with zero attached hydrogens (tertiary/aromatic N) is 1. The van der Waals surface area contributed by atoms with E-state index in [9.17, 15) is 14.4 Å². The molecule has 0 radical (unpaired) electrons. The third-order valence-corrected chi connectivity index (χ3v) is 6.44. The van der Waals surface area contributed by atoms with Crippen molar-refractivity contribution in [1.29, 1.82) is 0 Å². The second kappa shape index (κ2) is 12.5. The minimum atomic E-state index is -1.14. The number of nitrogens with one attached hydrogen (secondary N) is 2. The summed E-state index contributed by atoms with van der Waals surface area (Å²) in [4.78, 5) is 41.4. The van der Waals surface area contributed by atoms with Crippen LogP contribution in [-0.2, 0) is 14.3 Å². The van der Waals surface area contributed by atoms with Crippen molar-refractivity contribution in [3.05, 3.63) is 77.9 Å². The lowest BCUT2D eigenvalue weighted by atomic mass is 9.96. The molecule has 3 aromatic carbocycles. The lowest BCUT2D eigenvalue weighted by Gasteiger charge is -2.32. The number of carbonyl (C=O) groups is 3. The number of ether oxygens (including phenoxy) is 1. The third-order valence-electron chi connectivity index (χ3n) is 6.44. The molecule has 0 saturated carbocycles. The summed E-state index contributed by atoms with van der Waals surface area (Å²) < 4.78 is 5.39. The zero-order valence-corrected chi connectivity index (χ0v) is 23.4. The van der Waals surface area contributed by atoms with Gasteiger partial charge in [-0.2, -0.15) is 0 Å².